The van der Waals surface area contributed by atoms with E-state index in [1.54, 1.807) is 18.4 Å². The number of unbranched alkanes of at least 4 members (excludes halogenated alkanes) is 7. The number of aryl methyl sites for hydroxylation is 1. The summed E-state index contributed by atoms with van der Waals surface area (Å²) in [6, 6.07) is 7.22. The van der Waals surface area contributed by atoms with E-state index < -0.39 is 0 Å². The Morgan fingerprint density at radius 3 is 2.08 bits per heavy atom. The monoisotopic (exact) mass is 337 g/mol. The molecular weight excluding hydrogens is 310 g/mol. The van der Waals surface area contributed by atoms with Crippen LogP contribution in [0.1, 0.15) is 63.9 Å². The fourth-order valence-electron chi connectivity index (χ4n) is 2.82. The molecule has 0 bridgehead atoms. The fraction of sp³-hybridized carbons (Fsp3) is 0.476. The van der Waals surface area contributed by atoms with E-state index in [-0.39, 0.29) is 0 Å². The van der Waals surface area contributed by atoms with Crippen LogP contribution in [0.5, 0.6) is 5.75 Å². The molecule has 0 spiro atoms. The average molecular weight is 337 g/mol. The lowest BCUT2D eigenvalue weighted by Gasteiger charge is -2.04. The molecule has 0 atom stereocenters. The van der Waals surface area contributed by atoms with Gasteiger partial charge >= 0.3 is 0 Å². The quantitative estimate of drug-likeness (QED) is 0.390. The van der Waals surface area contributed by atoms with Crippen molar-refractivity contribution >= 4 is 0 Å². The van der Waals surface area contributed by atoms with Crippen molar-refractivity contribution in [3.05, 3.63) is 42.2 Å². The molecule has 1 aromatic carbocycles. The van der Waals surface area contributed by atoms with E-state index in [9.17, 15) is 0 Å². The molecule has 0 fully saturated rings. The van der Waals surface area contributed by atoms with E-state index in [0.29, 0.717) is 11.6 Å². The molecule has 25 heavy (non-hydrogen) atoms. The Labute approximate surface area is 150 Å². The first kappa shape index (κ1) is 18.9. The summed E-state index contributed by atoms with van der Waals surface area (Å²) in [7, 11) is 0. The number of benzene rings is 1. The largest absolute Gasteiger partial charge is 0.388 e. The lowest BCUT2D eigenvalue weighted by Crippen LogP contribution is -1.93. The lowest BCUT2D eigenvalue weighted by atomic mass is 10.1. The van der Waals surface area contributed by atoms with Gasteiger partial charge in [0, 0.05) is 18.0 Å². The summed E-state index contributed by atoms with van der Waals surface area (Å²) >= 11 is 0. The molecule has 2 rings (SSSR count). The van der Waals surface area contributed by atoms with E-state index >= 15 is 0 Å². The van der Waals surface area contributed by atoms with Crippen LogP contribution in [0, 0.1) is 11.5 Å². The van der Waals surface area contributed by atoms with Gasteiger partial charge in [-0.15, -0.1) is 5.26 Å². The topological polar surface area (TPSA) is 58.8 Å². The van der Waals surface area contributed by atoms with E-state index in [2.05, 4.69) is 16.9 Å². The van der Waals surface area contributed by atoms with Crippen molar-refractivity contribution in [3.63, 3.8) is 0 Å². The SMILES string of the molecule is CCCCCCCCCCc1cnc(-c2ccc(OC#N)cc2)nc1. The first-order chi connectivity index (χ1) is 12.3. The second-order valence-corrected chi connectivity index (χ2v) is 6.36. The van der Waals surface area contributed by atoms with Crippen molar-refractivity contribution < 1.29 is 4.74 Å². The number of nitrogens with zero attached hydrogens (tertiary/aromatic N) is 3. The number of rotatable bonds is 11. The summed E-state index contributed by atoms with van der Waals surface area (Å²) in [6.07, 6.45) is 17.2. The highest BCUT2D eigenvalue weighted by atomic mass is 16.5. The van der Waals surface area contributed by atoms with Crippen LogP contribution in [-0.2, 0) is 6.42 Å². The Morgan fingerprint density at radius 1 is 0.880 bits per heavy atom. The minimum atomic E-state index is 0.526. The molecule has 0 saturated heterocycles. The average Bonchev–Trinajstić information content (AvgIpc) is 2.65. The highest BCUT2D eigenvalue weighted by molar-refractivity contribution is 5.55. The van der Waals surface area contributed by atoms with Gasteiger partial charge in [-0.3, -0.25) is 0 Å². The number of aromatic nitrogens is 2. The lowest BCUT2D eigenvalue weighted by molar-refractivity contribution is 0.507. The van der Waals surface area contributed by atoms with Gasteiger partial charge in [0.25, 0.3) is 6.26 Å². The number of hydrogen-bond acceptors (Lipinski definition) is 4. The highest BCUT2D eigenvalue weighted by Gasteiger charge is 2.03. The molecule has 1 aromatic heterocycles. The Balaban J connectivity index is 1.72. The van der Waals surface area contributed by atoms with Crippen LogP contribution >= 0.6 is 0 Å². The van der Waals surface area contributed by atoms with Gasteiger partial charge in [-0.2, -0.15) is 0 Å². The Morgan fingerprint density at radius 2 is 1.48 bits per heavy atom. The Hall–Kier alpha value is -2.41. The minimum Gasteiger partial charge on any atom is -0.388 e. The van der Waals surface area contributed by atoms with Crippen molar-refractivity contribution in [1.82, 2.24) is 9.97 Å². The summed E-state index contributed by atoms with van der Waals surface area (Å²) in [6.45, 7) is 2.26. The molecule has 1 heterocycles. The predicted molar refractivity (Wildman–Crippen MR) is 100 cm³/mol. The van der Waals surface area contributed by atoms with Crippen molar-refractivity contribution in [2.75, 3.05) is 0 Å². The summed E-state index contributed by atoms with van der Waals surface area (Å²) in [5.41, 5.74) is 2.11. The van der Waals surface area contributed by atoms with Gasteiger partial charge in [0.2, 0.25) is 0 Å². The van der Waals surface area contributed by atoms with Crippen LogP contribution in [-0.4, -0.2) is 9.97 Å². The number of nitriles is 1. The molecule has 0 amide bonds. The molecule has 0 N–H and O–H groups in total. The van der Waals surface area contributed by atoms with Crippen molar-refractivity contribution in [2.45, 2.75) is 64.7 Å². The molecule has 0 aliphatic carbocycles. The second kappa shape index (κ2) is 11.2. The van der Waals surface area contributed by atoms with E-state index in [1.807, 2.05) is 24.5 Å². The van der Waals surface area contributed by atoms with Crippen LogP contribution in [0.4, 0.5) is 0 Å². The molecule has 4 heteroatoms. The van der Waals surface area contributed by atoms with Crippen LogP contribution in [0.15, 0.2) is 36.7 Å². The van der Waals surface area contributed by atoms with Gasteiger partial charge in [0.15, 0.2) is 5.82 Å². The molecule has 0 radical (unpaired) electrons. The maximum atomic E-state index is 8.49. The Bertz CT molecular complexity index is 644. The van der Waals surface area contributed by atoms with Crippen molar-refractivity contribution in [1.29, 1.82) is 5.26 Å². The molecule has 0 saturated carbocycles. The first-order valence-corrected chi connectivity index (χ1v) is 9.30. The van der Waals surface area contributed by atoms with Gasteiger partial charge in [-0.1, -0.05) is 51.9 Å². The maximum Gasteiger partial charge on any atom is 0.292 e. The molecule has 2 aromatic rings. The number of ether oxygens (including phenoxy) is 1. The van der Waals surface area contributed by atoms with E-state index in [4.69, 9.17) is 10.00 Å². The first-order valence-electron chi connectivity index (χ1n) is 9.30. The smallest absolute Gasteiger partial charge is 0.292 e. The molecule has 0 aliphatic rings. The fourth-order valence-corrected chi connectivity index (χ4v) is 2.82. The van der Waals surface area contributed by atoms with E-state index in [1.165, 1.54) is 56.9 Å². The third kappa shape index (κ3) is 6.93. The maximum absolute atomic E-state index is 8.49. The van der Waals surface area contributed by atoms with Crippen LogP contribution in [0.3, 0.4) is 0 Å². The minimum absolute atomic E-state index is 0.526. The van der Waals surface area contributed by atoms with Crippen LogP contribution in [0.25, 0.3) is 11.4 Å². The zero-order valence-electron chi connectivity index (χ0n) is 15.1. The van der Waals surface area contributed by atoms with E-state index in [0.717, 1.165) is 12.0 Å². The molecule has 4 nitrogen and oxygen atoms in total. The third-order valence-electron chi connectivity index (χ3n) is 4.30. The standard InChI is InChI=1S/C21H27N3O/c1-2-3-4-5-6-7-8-9-10-18-15-23-21(24-16-18)19-11-13-20(14-12-19)25-17-22/h11-16H,2-10H2,1H3. The number of hydrogen-bond donors (Lipinski definition) is 0. The molecule has 0 aliphatic heterocycles. The second-order valence-electron chi connectivity index (χ2n) is 6.36. The zero-order valence-corrected chi connectivity index (χ0v) is 15.1. The molecular formula is C21H27N3O. The van der Waals surface area contributed by atoms with Crippen molar-refractivity contribution in [3.8, 4) is 23.4 Å². The third-order valence-corrected chi connectivity index (χ3v) is 4.30. The van der Waals surface area contributed by atoms with Gasteiger partial charge in [0.1, 0.15) is 5.75 Å². The van der Waals surface area contributed by atoms with Crippen molar-refractivity contribution in [2.24, 2.45) is 0 Å². The predicted octanol–water partition coefficient (Wildman–Crippen LogP) is 5.69. The molecule has 0 unspecified atom stereocenters. The normalized spacial score (nSPS) is 10.4. The summed E-state index contributed by atoms with van der Waals surface area (Å²) in [4.78, 5) is 8.91. The highest BCUT2D eigenvalue weighted by Crippen LogP contribution is 2.19. The summed E-state index contributed by atoms with van der Waals surface area (Å²) in [5, 5.41) is 8.49. The van der Waals surface area contributed by atoms with Crippen LogP contribution in [0.2, 0.25) is 0 Å². The van der Waals surface area contributed by atoms with Gasteiger partial charge in [-0.05, 0) is 42.7 Å². The molecule has 132 valence electrons. The van der Waals surface area contributed by atoms with Gasteiger partial charge in [0.05, 0.1) is 0 Å². The summed E-state index contributed by atoms with van der Waals surface area (Å²) < 4.78 is 4.77. The zero-order chi connectivity index (χ0) is 17.7. The Kier molecular flexibility index (Phi) is 8.48. The van der Waals surface area contributed by atoms with Gasteiger partial charge in [-0.25, -0.2) is 9.97 Å². The van der Waals surface area contributed by atoms with Crippen LogP contribution < -0.4 is 4.74 Å². The summed E-state index contributed by atoms with van der Waals surface area (Å²) in [5.74, 6) is 1.22. The van der Waals surface area contributed by atoms with Gasteiger partial charge < -0.3 is 4.74 Å².